The van der Waals surface area contributed by atoms with Crippen LogP contribution in [0.25, 0.3) is 22.8 Å². The van der Waals surface area contributed by atoms with Gasteiger partial charge in [-0.25, -0.2) is 0 Å². The third-order valence-corrected chi connectivity index (χ3v) is 3.87. The lowest BCUT2D eigenvalue weighted by Crippen LogP contribution is -1.78. The summed E-state index contributed by atoms with van der Waals surface area (Å²) in [5.41, 5.74) is 11.0. The first-order chi connectivity index (χ1) is 10.4. The van der Waals surface area contributed by atoms with E-state index in [4.69, 9.17) is 0 Å². The second kappa shape index (κ2) is 4.94. The molecule has 0 fully saturated rings. The van der Waals surface area contributed by atoms with Crippen LogP contribution in [0.1, 0.15) is 16.7 Å². The van der Waals surface area contributed by atoms with E-state index in [1.54, 1.807) is 0 Å². The lowest BCUT2D eigenvalue weighted by Gasteiger charge is -1.98. The van der Waals surface area contributed by atoms with Gasteiger partial charge in [-0.05, 0) is 33.9 Å². The Morgan fingerprint density at radius 3 is 1.57 bits per heavy atom. The van der Waals surface area contributed by atoms with Crippen LogP contribution in [0.3, 0.4) is 0 Å². The highest BCUT2D eigenvalue weighted by atomic mass is 14.2. The van der Waals surface area contributed by atoms with Gasteiger partial charge >= 0.3 is 0 Å². The minimum absolute atomic E-state index is 1.17. The predicted octanol–water partition coefficient (Wildman–Crippen LogP) is 5.41. The van der Waals surface area contributed by atoms with E-state index >= 15 is 0 Å². The van der Waals surface area contributed by atoms with Gasteiger partial charge in [-0.2, -0.15) is 0 Å². The van der Waals surface area contributed by atoms with Crippen molar-refractivity contribution in [3.05, 3.63) is 101 Å². The molecule has 0 saturated heterocycles. The molecule has 0 N–H and O–H groups in total. The number of hydrogen-bond donors (Lipinski definition) is 0. The largest absolute Gasteiger partial charge is 0.111 e. The zero-order valence-electron chi connectivity index (χ0n) is 11.6. The van der Waals surface area contributed by atoms with Gasteiger partial charge in [0, 0.05) is 5.57 Å². The summed E-state index contributed by atoms with van der Waals surface area (Å²) in [6, 6.07) is 27.4. The number of fused-ring (bicyclic) bond motifs is 3. The van der Waals surface area contributed by atoms with E-state index in [2.05, 4.69) is 84.6 Å². The molecule has 98 valence electrons. The average molecular weight is 266 g/mol. The summed E-state index contributed by atoms with van der Waals surface area (Å²) in [5.74, 6) is 0. The van der Waals surface area contributed by atoms with Crippen molar-refractivity contribution in [1.29, 1.82) is 0 Å². The van der Waals surface area contributed by atoms with Gasteiger partial charge in [0.15, 0.2) is 0 Å². The summed E-state index contributed by atoms with van der Waals surface area (Å²) < 4.78 is 0. The van der Waals surface area contributed by atoms with E-state index in [1.807, 2.05) is 6.07 Å². The molecule has 0 nitrogen and oxygen atoms in total. The van der Waals surface area contributed by atoms with Crippen LogP contribution in [0.2, 0.25) is 0 Å². The summed E-state index contributed by atoms with van der Waals surface area (Å²) in [5, 5.41) is 0. The van der Waals surface area contributed by atoms with Gasteiger partial charge in [-0.3, -0.25) is 0 Å². The minimum Gasteiger partial charge on any atom is -0.111 e. The molecule has 3 aromatic rings. The lowest BCUT2D eigenvalue weighted by atomic mass is 10.0. The first kappa shape index (κ1) is 12.0. The molecule has 21 heavy (non-hydrogen) atoms. The lowest BCUT2D eigenvalue weighted by molar-refractivity contribution is 1.65. The van der Waals surface area contributed by atoms with Gasteiger partial charge in [0.1, 0.15) is 0 Å². The second-order valence-electron chi connectivity index (χ2n) is 5.17. The van der Waals surface area contributed by atoms with Crippen LogP contribution in [0, 0.1) is 0 Å². The Bertz CT molecular complexity index is 816. The quantitative estimate of drug-likeness (QED) is 0.404. The smallest absolute Gasteiger partial charge is 0.0322 e. The third-order valence-electron chi connectivity index (χ3n) is 3.87. The normalized spacial score (nSPS) is 11.5. The maximum atomic E-state index is 3.50. The molecule has 3 aromatic carbocycles. The molecule has 0 bridgehead atoms. The van der Waals surface area contributed by atoms with Crippen molar-refractivity contribution in [2.75, 3.05) is 0 Å². The molecule has 0 aromatic heterocycles. The van der Waals surface area contributed by atoms with E-state index < -0.39 is 0 Å². The van der Waals surface area contributed by atoms with Gasteiger partial charge in [0.25, 0.3) is 0 Å². The van der Waals surface area contributed by atoms with Crippen molar-refractivity contribution in [2.45, 2.75) is 0 Å². The van der Waals surface area contributed by atoms with Crippen LogP contribution in [0.15, 0.2) is 84.6 Å². The Balaban J connectivity index is 1.95. The second-order valence-corrected chi connectivity index (χ2v) is 5.17. The summed E-state index contributed by atoms with van der Waals surface area (Å²) in [7, 11) is 0. The molecule has 0 spiro atoms. The Morgan fingerprint density at radius 2 is 1.00 bits per heavy atom. The Labute approximate surface area is 124 Å². The maximum absolute atomic E-state index is 3.50. The molecule has 0 saturated carbocycles. The highest BCUT2D eigenvalue weighted by molar-refractivity contribution is 6.01. The highest BCUT2D eigenvalue weighted by Gasteiger charge is 2.21. The first-order valence-electron chi connectivity index (χ1n) is 7.14. The SMILES string of the molecule is C(=Cc1ccccc1)=C1c2ccccc2-c2ccccc21. The van der Waals surface area contributed by atoms with Crippen molar-refractivity contribution < 1.29 is 0 Å². The van der Waals surface area contributed by atoms with Gasteiger partial charge in [-0.1, -0.05) is 78.9 Å². The summed E-state index contributed by atoms with van der Waals surface area (Å²) in [6.45, 7) is 0. The van der Waals surface area contributed by atoms with Gasteiger partial charge in [0.2, 0.25) is 0 Å². The zero-order valence-corrected chi connectivity index (χ0v) is 11.6. The summed E-state index contributed by atoms with van der Waals surface area (Å²) in [4.78, 5) is 0. The predicted molar refractivity (Wildman–Crippen MR) is 88.8 cm³/mol. The van der Waals surface area contributed by atoms with Crippen LogP contribution in [0.4, 0.5) is 0 Å². The van der Waals surface area contributed by atoms with Gasteiger partial charge in [-0.15, -0.1) is 5.73 Å². The molecule has 0 radical (unpaired) electrons. The van der Waals surface area contributed by atoms with Crippen LogP contribution < -0.4 is 0 Å². The molecule has 0 unspecified atom stereocenters. The van der Waals surface area contributed by atoms with Gasteiger partial charge < -0.3 is 0 Å². The highest BCUT2D eigenvalue weighted by Crippen LogP contribution is 2.43. The van der Waals surface area contributed by atoms with E-state index in [1.165, 1.54) is 33.4 Å². The van der Waals surface area contributed by atoms with Crippen molar-refractivity contribution in [3.63, 3.8) is 0 Å². The molecule has 4 rings (SSSR count). The molecule has 0 heteroatoms. The summed E-state index contributed by atoms with van der Waals surface area (Å²) in [6.07, 6.45) is 2.06. The number of hydrogen-bond acceptors (Lipinski definition) is 0. The third kappa shape index (κ3) is 2.03. The minimum atomic E-state index is 1.17. The molecule has 1 aliphatic rings. The van der Waals surface area contributed by atoms with E-state index in [0.717, 1.165) is 0 Å². The van der Waals surface area contributed by atoms with E-state index in [9.17, 15) is 0 Å². The van der Waals surface area contributed by atoms with Crippen molar-refractivity contribution in [2.24, 2.45) is 0 Å². The number of rotatable bonds is 1. The molecule has 1 aliphatic carbocycles. The fourth-order valence-corrected chi connectivity index (χ4v) is 2.88. The monoisotopic (exact) mass is 266 g/mol. The van der Waals surface area contributed by atoms with Crippen LogP contribution in [-0.4, -0.2) is 0 Å². The Hall–Kier alpha value is -2.82. The molecular weight excluding hydrogens is 252 g/mol. The number of benzene rings is 3. The van der Waals surface area contributed by atoms with Crippen LogP contribution >= 0.6 is 0 Å². The van der Waals surface area contributed by atoms with Gasteiger partial charge in [0.05, 0.1) is 0 Å². The Kier molecular flexibility index (Phi) is 2.81. The molecular formula is C21H14. The molecule has 0 atom stereocenters. The molecule has 0 amide bonds. The topological polar surface area (TPSA) is 0 Å². The average Bonchev–Trinajstić information content (AvgIpc) is 2.88. The maximum Gasteiger partial charge on any atom is 0.0322 e. The zero-order chi connectivity index (χ0) is 14.1. The summed E-state index contributed by atoms with van der Waals surface area (Å²) >= 11 is 0. The van der Waals surface area contributed by atoms with Crippen LogP contribution in [0.5, 0.6) is 0 Å². The fourth-order valence-electron chi connectivity index (χ4n) is 2.88. The van der Waals surface area contributed by atoms with Crippen LogP contribution in [-0.2, 0) is 0 Å². The van der Waals surface area contributed by atoms with E-state index in [0.29, 0.717) is 0 Å². The van der Waals surface area contributed by atoms with Crippen molar-refractivity contribution in [1.82, 2.24) is 0 Å². The fraction of sp³-hybridized carbons (Fsp3) is 0. The molecule has 0 aliphatic heterocycles. The first-order valence-corrected chi connectivity index (χ1v) is 7.14. The standard InChI is InChI=1S/C21H14/c1-2-8-16(9-3-1)14-15-21-19-12-6-4-10-17(19)18-11-5-7-13-20(18)21/h1-14H. The Morgan fingerprint density at radius 1 is 0.524 bits per heavy atom. The van der Waals surface area contributed by atoms with Crippen molar-refractivity contribution >= 4 is 11.6 Å². The van der Waals surface area contributed by atoms with Crippen molar-refractivity contribution in [3.8, 4) is 11.1 Å². The van der Waals surface area contributed by atoms with E-state index in [-0.39, 0.29) is 0 Å². The molecule has 0 heterocycles.